The van der Waals surface area contributed by atoms with Gasteiger partial charge in [0, 0.05) is 54.6 Å². The van der Waals surface area contributed by atoms with Crippen LogP contribution in [0.1, 0.15) is 77.7 Å². The molecular weight excluding hydrogens is 565 g/mol. The van der Waals surface area contributed by atoms with Gasteiger partial charge in [-0.05, 0) is 95.2 Å². The van der Waals surface area contributed by atoms with Gasteiger partial charge in [0.05, 0.1) is 13.2 Å². The molecule has 0 spiro atoms. The smallest absolute Gasteiger partial charge is 0.253 e. The van der Waals surface area contributed by atoms with Crippen LogP contribution in [0.25, 0.3) is 0 Å². The number of aromatic nitrogens is 2. The monoisotopic (exact) mass is 609 g/mol. The molecule has 2 amide bonds. The highest BCUT2D eigenvalue weighted by atomic mass is 35.5. The third kappa shape index (κ3) is 8.53. The maximum atomic E-state index is 13.4. The largest absolute Gasteiger partial charge is 0.356 e. The summed E-state index contributed by atoms with van der Waals surface area (Å²) >= 11 is 5.71. The summed E-state index contributed by atoms with van der Waals surface area (Å²) in [6, 6.07) is 16.2. The van der Waals surface area contributed by atoms with Crippen molar-refractivity contribution in [2.24, 2.45) is 0 Å². The zero-order valence-electron chi connectivity index (χ0n) is 26.5. The van der Waals surface area contributed by atoms with Crippen molar-refractivity contribution >= 4 is 29.7 Å². The molecule has 0 N–H and O–H groups in total. The first-order chi connectivity index (χ1) is 20.6. The summed E-state index contributed by atoms with van der Waals surface area (Å²) in [5.74, 6) is 1.82. The zero-order valence-corrected chi connectivity index (χ0v) is 27.2. The zero-order chi connectivity index (χ0) is 31.7. The van der Waals surface area contributed by atoms with E-state index in [1.807, 2.05) is 93.9 Å². The van der Waals surface area contributed by atoms with Crippen LogP contribution < -0.4 is 4.90 Å². The number of carbonyl (C=O) groups is 2. The number of hydrogen-bond donors (Lipinski definition) is 0. The van der Waals surface area contributed by atoms with Crippen molar-refractivity contribution < 1.29 is 14.0 Å². The Bertz CT molecular complexity index is 1340. The van der Waals surface area contributed by atoms with Crippen molar-refractivity contribution in [2.75, 3.05) is 32.2 Å². The van der Waals surface area contributed by atoms with Crippen molar-refractivity contribution in [3.63, 3.8) is 0 Å². The Morgan fingerprint density at radius 1 is 1.02 bits per heavy atom. The molecule has 3 aromatic rings. The van der Waals surface area contributed by atoms with Gasteiger partial charge in [0.2, 0.25) is 6.41 Å². The average molecular weight is 610 g/mol. The third-order valence-electron chi connectivity index (χ3n) is 8.20. The molecule has 1 aliphatic heterocycles. The van der Waals surface area contributed by atoms with E-state index < -0.39 is 0 Å². The van der Waals surface area contributed by atoms with Gasteiger partial charge in [-0.1, -0.05) is 35.9 Å². The number of fused-ring (bicyclic) bond motifs is 1. The van der Waals surface area contributed by atoms with Gasteiger partial charge >= 0.3 is 0 Å². The number of anilines is 1. The Labute approximate surface area is 261 Å². The lowest BCUT2D eigenvalue weighted by atomic mass is 10.00. The number of alkyl halides is 1. The van der Waals surface area contributed by atoms with Crippen LogP contribution in [-0.2, 0) is 11.2 Å². The molecule has 7 nitrogen and oxygen atoms in total. The molecule has 1 saturated heterocycles. The van der Waals surface area contributed by atoms with Crippen molar-refractivity contribution in [3.8, 4) is 0 Å². The van der Waals surface area contributed by atoms with Crippen LogP contribution in [0.15, 0.2) is 48.5 Å². The minimum Gasteiger partial charge on any atom is -0.356 e. The van der Waals surface area contributed by atoms with E-state index >= 15 is 0 Å². The van der Waals surface area contributed by atoms with Crippen LogP contribution in [0, 0.1) is 20.8 Å². The number of hydrogen-bond acceptors (Lipinski definition) is 5. The van der Waals surface area contributed by atoms with E-state index in [1.165, 1.54) is 5.56 Å². The second-order valence-corrected chi connectivity index (χ2v) is 11.8. The van der Waals surface area contributed by atoms with Gasteiger partial charge < -0.3 is 14.7 Å². The summed E-state index contributed by atoms with van der Waals surface area (Å²) < 4.78 is 9.50. The molecular formula is C34H45ClFN5O2. The molecule has 0 bridgehead atoms. The molecule has 1 atom stereocenters. The lowest BCUT2D eigenvalue weighted by Crippen LogP contribution is -2.46. The summed E-state index contributed by atoms with van der Waals surface area (Å²) in [6.45, 7) is 11.7. The van der Waals surface area contributed by atoms with Gasteiger partial charge in [0.15, 0.2) is 0 Å². The number of carbonyl (C=O) groups excluding carboxylic acids is 2. The Kier molecular flexibility index (Phi) is 12.5. The van der Waals surface area contributed by atoms with Gasteiger partial charge in [0.1, 0.15) is 11.6 Å². The van der Waals surface area contributed by atoms with Crippen molar-refractivity contribution in [1.82, 2.24) is 19.8 Å². The number of amides is 2. The molecule has 9 heteroatoms. The number of rotatable bonds is 6. The molecule has 1 unspecified atom stereocenters. The molecule has 0 saturated carbocycles. The van der Waals surface area contributed by atoms with Crippen LogP contribution in [-0.4, -0.2) is 71.5 Å². The number of nitrogens with zero attached hydrogens (tertiary/aromatic N) is 5. The highest BCUT2D eigenvalue weighted by Gasteiger charge is 2.31. The van der Waals surface area contributed by atoms with E-state index in [4.69, 9.17) is 11.6 Å². The minimum absolute atomic E-state index is 0.0535. The van der Waals surface area contributed by atoms with E-state index in [-0.39, 0.29) is 24.0 Å². The Morgan fingerprint density at radius 2 is 1.70 bits per heavy atom. The lowest BCUT2D eigenvalue weighted by molar-refractivity contribution is -0.122. The van der Waals surface area contributed by atoms with E-state index in [0.29, 0.717) is 12.7 Å². The first kappa shape index (κ1) is 34.0. The van der Waals surface area contributed by atoms with Crippen molar-refractivity contribution in [1.29, 1.82) is 0 Å². The first-order valence-corrected chi connectivity index (χ1v) is 15.3. The standard InChI is InChI=1S/C26H35N5O2.C7H7Cl.CH3F/c1-17(2)31(16-32)24-9-8-20-6-7-21(15-23(20)24)26(33)29(5)22-10-12-30(13-11-22)25-14-18(3)27-19(4)28-25;1-6-4-2-3-5-7(6)8;1-2/h6-7,14-17,22,24H,8-13H2,1-5H3;2-5H,1H3;1H3. The summed E-state index contributed by atoms with van der Waals surface area (Å²) in [7, 11) is 2.41. The summed E-state index contributed by atoms with van der Waals surface area (Å²) in [5.41, 5.74) is 5.19. The van der Waals surface area contributed by atoms with Crippen LogP contribution in [0.5, 0.6) is 0 Å². The second kappa shape index (κ2) is 15.8. The predicted molar refractivity (Wildman–Crippen MR) is 173 cm³/mol. The fourth-order valence-corrected chi connectivity index (χ4v) is 5.98. The first-order valence-electron chi connectivity index (χ1n) is 14.9. The Morgan fingerprint density at radius 3 is 2.26 bits per heavy atom. The van der Waals surface area contributed by atoms with E-state index in [0.717, 1.165) is 78.7 Å². The van der Waals surface area contributed by atoms with E-state index in [1.54, 1.807) is 0 Å². The van der Waals surface area contributed by atoms with E-state index in [2.05, 4.69) is 20.9 Å². The van der Waals surface area contributed by atoms with Gasteiger partial charge in [0.25, 0.3) is 5.91 Å². The highest BCUT2D eigenvalue weighted by molar-refractivity contribution is 6.31. The fourth-order valence-electron chi connectivity index (χ4n) is 5.84. The quantitative estimate of drug-likeness (QED) is 0.284. The van der Waals surface area contributed by atoms with Crippen LogP contribution in [0.4, 0.5) is 10.2 Å². The second-order valence-electron chi connectivity index (χ2n) is 11.4. The molecule has 0 radical (unpaired) electrons. The highest BCUT2D eigenvalue weighted by Crippen LogP contribution is 2.37. The van der Waals surface area contributed by atoms with Crippen molar-refractivity contribution in [2.45, 2.75) is 78.4 Å². The molecule has 1 aromatic heterocycles. The topological polar surface area (TPSA) is 69.6 Å². The normalized spacial score (nSPS) is 16.0. The van der Waals surface area contributed by atoms with Crippen LogP contribution in [0.3, 0.4) is 0 Å². The molecule has 5 rings (SSSR count). The number of piperidine rings is 1. The minimum atomic E-state index is 0.0535. The SMILES string of the molecule is CF.Cc1cc(N2CCC(N(C)C(=O)c3ccc4c(c3)C(N(C=O)C(C)C)CC4)CC2)nc(C)n1.Cc1ccccc1Cl. The molecule has 43 heavy (non-hydrogen) atoms. The van der Waals surface area contributed by atoms with Crippen LogP contribution >= 0.6 is 11.6 Å². The lowest BCUT2D eigenvalue weighted by Gasteiger charge is -2.37. The van der Waals surface area contributed by atoms with Crippen molar-refractivity contribution in [3.05, 3.63) is 87.3 Å². The predicted octanol–water partition coefficient (Wildman–Crippen LogP) is 6.92. The Balaban J connectivity index is 0.000000433. The molecule has 2 heterocycles. The van der Waals surface area contributed by atoms with Gasteiger partial charge in [-0.25, -0.2) is 9.97 Å². The van der Waals surface area contributed by atoms with Gasteiger partial charge in [-0.15, -0.1) is 0 Å². The maximum absolute atomic E-state index is 13.4. The van der Waals surface area contributed by atoms with Crippen LogP contribution in [0.2, 0.25) is 5.02 Å². The molecule has 1 aliphatic carbocycles. The maximum Gasteiger partial charge on any atom is 0.253 e. The number of aryl methyl sites for hydroxylation is 4. The third-order valence-corrected chi connectivity index (χ3v) is 8.63. The number of halogens is 2. The molecule has 2 aliphatic rings. The molecule has 1 fully saturated rings. The molecule has 2 aromatic carbocycles. The molecule has 232 valence electrons. The summed E-state index contributed by atoms with van der Waals surface area (Å²) in [5, 5.41) is 0.840. The summed E-state index contributed by atoms with van der Waals surface area (Å²) in [4.78, 5) is 40.1. The summed E-state index contributed by atoms with van der Waals surface area (Å²) in [6.07, 6.45) is 4.62. The van der Waals surface area contributed by atoms with E-state index in [9.17, 15) is 14.0 Å². The number of benzene rings is 2. The van der Waals surface area contributed by atoms with Gasteiger partial charge in [-0.3, -0.25) is 14.0 Å². The van der Waals surface area contributed by atoms with Gasteiger partial charge in [-0.2, -0.15) is 0 Å². The average Bonchev–Trinajstić information content (AvgIpc) is 3.42. The Hall–Kier alpha value is -3.52. The fraction of sp³-hybridized carbons (Fsp3) is 0.471.